The van der Waals surface area contributed by atoms with Crippen LogP contribution >= 0.6 is 0 Å². The van der Waals surface area contributed by atoms with E-state index in [-0.39, 0.29) is 17.2 Å². The molecule has 0 fully saturated rings. The summed E-state index contributed by atoms with van der Waals surface area (Å²) in [7, 11) is 0. The fourth-order valence-electron chi connectivity index (χ4n) is 1.67. The number of hydrogen-bond donors (Lipinski definition) is 2. The highest BCUT2D eigenvalue weighted by atomic mass is 16.6. The molecule has 1 aromatic carbocycles. The van der Waals surface area contributed by atoms with Gasteiger partial charge in [0.25, 0.3) is 11.6 Å². The molecule has 2 N–H and O–H groups in total. The Kier molecular flexibility index (Phi) is 5.19. The van der Waals surface area contributed by atoms with Crippen molar-refractivity contribution in [2.45, 2.75) is 26.3 Å². The third kappa shape index (κ3) is 3.78. The zero-order valence-electron chi connectivity index (χ0n) is 11.2. The number of rotatable bonds is 6. The number of amides is 1. The lowest BCUT2D eigenvalue weighted by atomic mass is 9.99. The highest BCUT2D eigenvalue weighted by Crippen LogP contribution is 2.14. The Hall–Kier alpha value is -2.44. The number of nitrogens with one attached hydrogen (secondary N) is 1. The normalized spacial score (nSPS) is 13.3. The SMILES string of the molecule is CCC(C)C(NC(=O)c1cccc([N+](=O)[O-])c1)C(=O)O. The third-order valence-corrected chi connectivity index (χ3v) is 3.08. The summed E-state index contributed by atoms with van der Waals surface area (Å²) < 4.78 is 0. The van der Waals surface area contributed by atoms with E-state index in [0.717, 1.165) is 6.07 Å². The molecule has 0 saturated heterocycles. The molecular weight excluding hydrogens is 264 g/mol. The number of non-ortho nitro benzene ring substituents is 1. The van der Waals surface area contributed by atoms with Gasteiger partial charge in [0.1, 0.15) is 6.04 Å². The van der Waals surface area contributed by atoms with Crippen LogP contribution in [0.25, 0.3) is 0 Å². The monoisotopic (exact) mass is 280 g/mol. The van der Waals surface area contributed by atoms with Crippen molar-refractivity contribution in [1.82, 2.24) is 5.32 Å². The van der Waals surface area contributed by atoms with E-state index in [1.165, 1.54) is 18.2 Å². The Balaban J connectivity index is 2.92. The second-order valence-corrected chi connectivity index (χ2v) is 4.48. The van der Waals surface area contributed by atoms with Crippen LogP contribution in [0.3, 0.4) is 0 Å². The van der Waals surface area contributed by atoms with Crippen molar-refractivity contribution in [3.05, 3.63) is 39.9 Å². The summed E-state index contributed by atoms with van der Waals surface area (Å²) in [6.07, 6.45) is 0.589. The van der Waals surface area contributed by atoms with Gasteiger partial charge >= 0.3 is 5.97 Å². The van der Waals surface area contributed by atoms with Crippen LogP contribution in [0.5, 0.6) is 0 Å². The third-order valence-electron chi connectivity index (χ3n) is 3.08. The number of carbonyl (C=O) groups is 2. The molecule has 108 valence electrons. The van der Waals surface area contributed by atoms with Gasteiger partial charge < -0.3 is 10.4 Å². The van der Waals surface area contributed by atoms with Crippen molar-refractivity contribution in [3.63, 3.8) is 0 Å². The molecule has 0 aliphatic heterocycles. The van der Waals surface area contributed by atoms with Gasteiger partial charge in [-0.3, -0.25) is 14.9 Å². The predicted octanol–water partition coefficient (Wildman–Crippen LogP) is 1.82. The van der Waals surface area contributed by atoms with Crippen molar-refractivity contribution in [3.8, 4) is 0 Å². The molecular formula is C13H16N2O5. The summed E-state index contributed by atoms with van der Waals surface area (Å²) in [5.41, 5.74) is -0.151. The van der Waals surface area contributed by atoms with E-state index in [1.807, 2.05) is 6.92 Å². The Labute approximate surface area is 115 Å². The van der Waals surface area contributed by atoms with Crippen molar-refractivity contribution in [2.24, 2.45) is 5.92 Å². The number of hydrogen-bond acceptors (Lipinski definition) is 4. The van der Waals surface area contributed by atoms with E-state index in [1.54, 1.807) is 6.92 Å². The number of carbonyl (C=O) groups excluding carboxylic acids is 1. The molecule has 0 bridgehead atoms. The predicted molar refractivity (Wildman–Crippen MR) is 71.4 cm³/mol. The lowest BCUT2D eigenvalue weighted by molar-refractivity contribution is -0.384. The summed E-state index contributed by atoms with van der Waals surface area (Å²) in [6.45, 7) is 3.53. The molecule has 1 rings (SSSR count). The minimum absolute atomic E-state index is 0.0637. The van der Waals surface area contributed by atoms with Crippen molar-refractivity contribution < 1.29 is 19.6 Å². The smallest absolute Gasteiger partial charge is 0.326 e. The van der Waals surface area contributed by atoms with Gasteiger partial charge in [-0.25, -0.2) is 4.79 Å². The minimum Gasteiger partial charge on any atom is -0.480 e. The van der Waals surface area contributed by atoms with Crippen molar-refractivity contribution in [1.29, 1.82) is 0 Å². The second-order valence-electron chi connectivity index (χ2n) is 4.48. The molecule has 1 aromatic rings. The standard InChI is InChI=1S/C13H16N2O5/c1-3-8(2)11(13(17)18)14-12(16)9-5-4-6-10(7-9)15(19)20/h4-8,11H,3H2,1-2H3,(H,14,16)(H,17,18). The molecule has 0 heterocycles. The molecule has 0 spiro atoms. The van der Waals surface area contributed by atoms with Gasteiger partial charge in [0, 0.05) is 17.7 Å². The maximum atomic E-state index is 12.0. The lowest BCUT2D eigenvalue weighted by Crippen LogP contribution is -2.45. The molecule has 0 aromatic heterocycles. The molecule has 20 heavy (non-hydrogen) atoms. The Morgan fingerprint density at radius 3 is 2.60 bits per heavy atom. The highest BCUT2D eigenvalue weighted by molar-refractivity contribution is 5.97. The first kappa shape index (κ1) is 15.6. The van der Waals surface area contributed by atoms with Crippen LogP contribution in [-0.4, -0.2) is 27.9 Å². The molecule has 2 atom stereocenters. The van der Waals surface area contributed by atoms with E-state index in [0.29, 0.717) is 6.42 Å². The summed E-state index contributed by atoms with van der Waals surface area (Å²) in [5, 5.41) is 22.1. The van der Waals surface area contributed by atoms with Gasteiger partial charge in [-0.05, 0) is 12.0 Å². The van der Waals surface area contributed by atoms with Crippen molar-refractivity contribution in [2.75, 3.05) is 0 Å². The van der Waals surface area contributed by atoms with E-state index in [2.05, 4.69) is 5.32 Å². The summed E-state index contributed by atoms with van der Waals surface area (Å²) in [5.74, 6) is -2.00. The molecule has 2 unspecified atom stereocenters. The van der Waals surface area contributed by atoms with Gasteiger partial charge in [-0.15, -0.1) is 0 Å². The second kappa shape index (κ2) is 6.65. The molecule has 7 heteroatoms. The molecule has 7 nitrogen and oxygen atoms in total. The zero-order valence-corrected chi connectivity index (χ0v) is 11.2. The van der Waals surface area contributed by atoms with E-state index >= 15 is 0 Å². The average molecular weight is 280 g/mol. The minimum atomic E-state index is -1.13. The largest absolute Gasteiger partial charge is 0.480 e. The van der Waals surface area contributed by atoms with Crippen LogP contribution in [0, 0.1) is 16.0 Å². The fourth-order valence-corrected chi connectivity index (χ4v) is 1.67. The topological polar surface area (TPSA) is 110 Å². The first-order valence-corrected chi connectivity index (χ1v) is 6.15. The van der Waals surface area contributed by atoms with E-state index in [4.69, 9.17) is 5.11 Å². The van der Waals surface area contributed by atoms with Crippen molar-refractivity contribution >= 4 is 17.6 Å². The van der Waals surface area contributed by atoms with Gasteiger partial charge in [-0.1, -0.05) is 26.3 Å². The number of nitro benzene ring substituents is 1. The fraction of sp³-hybridized carbons (Fsp3) is 0.385. The lowest BCUT2D eigenvalue weighted by Gasteiger charge is -2.20. The van der Waals surface area contributed by atoms with Gasteiger partial charge in [-0.2, -0.15) is 0 Å². The van der Waals surface area contributed by atoms with Crippen LogP contribution in [-0.2, 0) is 4.79 Å². The quantitative estimate of drug-likeness (QED) is 0.610. The van der Waals surface area contributed by atoms with Crippen LogP contribution in [0.15, 0.2) is 24.3 Å². The number of aliphatic carboxylic acids is 1. The molecule has 1 amide bonds. The zero-order chi connectivity index (χ0) is 15.3. The van der Waals surface area contributed by atoms with Crippen LogP contribution in [0.1, 0.15) is 30.6 Å². The van der Waals surface area contributed by atoms with Crippen LogP contribution < -0.4 is 5.32 Å². The van der Waals surface area contributed by atoms with E-state index in [9.17, 15) is 19.7 Å². The molecule has 0 radical (unpaired) electrons. The van der Waals surface area contributed by atoms with Crippen LogP contribution in [0.2, 0.25) is 0 Å². The van der Waals surface area contributed by atoms with Crippen LogP contribution in [0.4, 0.5) is 5.69 Å². The summed E-state index contributed by atoms with van der Waals surface area (Å²) in [6, 6.07) is 4.14. The number of nitro groups is 1. The highest BCUT2D eigenvalue weighted by Gasteiger charge is 2.26. The van der Waals surface area contributed by atoms with Gasteiger partial charge in [0.15, 0.2) is 0 Å². The maximum Gasteiger partial charge on any atom is 0.326 e. The number of carboxylic acids is 1. The average Bonchev–Trinajstić information content (AvgIpc) is 2.43. The Bertz CT molecular complexity index is 529. The van der Waals surface area contributed by atoms with Gasteiger partial charge in [0.05, 0.1) is 4.92 Å². The number of benzene rings is 1. The first-order chi connectivity index (χ1) is 9.36. The Morgan fingerprint density at radius 2 is 2.10 bits per heavy atom. The van der Waals surface area contributed by atoms with Gasteiger partial charge in [0.2, 0.25) is 0 Å². The number of nitrogens with zero attached hydrogens (tertiary/aromatic N) is 1. The molecule has 0 aliphatic carbocycles. The summed E-state index contributed by atoms with van der Waals surface area (Å²) >= 11 is 0. The summed E-state index contributed by atoms with van der Waals surface area (Å²) in [4.78, 5) is 33.1. The number of carboxylic acid groups (broad SMARTS) is 1. The maximum absolute atomic E-state index is 12.0. The Morgan fingerprint density at radius 1 is 1.45 bits per heavy atom. The van der Waals surface area contributed by atoms with E-state index < -0.39 is 22.8 Å². The molecule has 0 aliphatic rings. The first-order valence-electron chi connectivity index (χ1n) is 6.15. The molecule has 0 saturated carbocycles.